The van der Waals surface area contributed by atoms with Crippen LogP contribution in [0.2, 0.25) is 0 Å². The predicted octanol–water partition coefficient (Wildman–Crippen LogP) is 2.45. The fraction of sp³-hybridized carbons (Fsp3) is 0.600. The van der Waals surface area contributed by atoms with Crippen molar-refractivity contribution in [1.29, 1.82) is 0 Å². The normalized spacial score (nSPS) is 18.1. The smallest absolute Gasteiger partial charge is 0.273 e. The van der Waals surface area contributed by atoms with Crippen molar-refractivity contribution in [1.82, 2.24) is 9.88 Å². The van der Waals surface area contributed by atoms with E-state index >= 15 is 0 Å². The second-order valence-corrected chi connectivity index (χ2v) is 6.08. The zero-order valence-corrected chi connectivity index (χ0v) is 11.0. The largest absolute Gasteiger partial charge is 0.337 e. The Labute approximate surface area is 102 Å². The highest BCUT2D eigenvalue weighted by Crippen LogP contribution is 2.19. The molecule has 1 saturated heterocycles. The molecule has 15 heavy (non-hydrogen) atoms. The molecule has 1 aliphatic rings. The Morgan fingerprint density at radius 1 is 1.60 bits per heavy atom. The van der Waals surface area contributed by atoms with Gasteiger partial charge in [0.1, 0.15) is 5.69 Å². The van der Waals surface area contributed by atoms with Crippen LogP contribution < -0.4 is 0 Å². The molecule has 1 aromatic heterocycles. The van der Waals surface area contributed by atoms with E-state index in [4.69, 9.17) is 0 Å². The van der Waals surface area contributed by atoms with Gasteiger partial charge in [-0.05, 0) is 19.8 Å². The maximum Gasteiger partial charge on any atom is 0.273 e. The molecule has 82 valence electrons. The van der Waals surface area contributed by atoms with Crippen LogP contribution in [-0.2, 0) is 0 Å². The first kappa shape index (κ1) is 11.1. The van der Waals surface area contributed by atoms with E-state index < -0.39 is 0 Å². The summed E-state index contributed by atoms with van der Waals surface area (Å²) in [6.45, 7) is 3.60. The van der Waals surface area contributed by atoms with E-state index in [9.17, 15) is 4.79 Å². The lowest BCUT2D eigenvalue weighted by Gasteiger charge is -2.28. The fourth-order valence-electron chi connectivity index (χ4n) is 1.67. The number of carbonyl (C=O) groups excluding carboxylic acids is 1. The van der Waals surface area contributed by atoms with E-state index in [1.165, 1.54) is 11.3 Å². The van der Waals surface area contributed by atoms with Crippen molar-refractivity contribution in [2.45, 2.75) is 24.6 Å². The lowest BCUT2D eigenvalue weighted by Crippen LogP contribution is -2.38. The van der Waals surface area contributed by atoms with Crippen LogP contribution in [0.25, 0.3) is 0 Å². The van der Waals surface area contributed by atoms with Crippen molar-refractivity contribution in [3.05, 3.63) is 16.1 Å². The summed E-state index contributed by atoms with van der Waals surface area (Å²) in [7, 11) is 0. The summed E-state index contributed by atoms with van der Waals surface area (Å²) in [5.41, 5.74) is 0.602. The summed E-state index contributed by atoms with van der Waals surface area (Å²) in [5.74, 6) is 0.0822. The third-order valence-corrected chi connectivity index (χ3v) is 4.24. The maximum atomic E-state index is 12.0. The number of rotatable bonds is 1. The van der Waals surface area contributed by atoms with Gasteiger partial charge in [-0.3, -0.25) is 4.79 Å². The molecule has 1 aromatic rings. The number of likely N-dealkylation sites (tertiary alicyclic amines) is 1. The number of hydrogen-bond acceptors (Lipinski definition) is 3. The van der Waals surface area contributed by atoms with Crippen molar-refractivity contribution in [2.75, 3.05) is 13.1 Å². The molecule has 0 spiro atoms. The Morgan fingerprint density at radius 3 is 2.80 bits per heavy atom. The van der Waals surface area contributed by atoms with Crippen molar-refractivity contribution in [3.8, 4) is 0 Å². The number of alkyl halides is 1. The van der Waals surface area contributed by atoms with Gasteiger partial charge >= 0.3 is 0 Å². The Balaban J connectivity index is 2.02. The molecule has 0 unspecified atom stereocenters. The fourth-order valence-corrected chi connectivity index (χ4v) is 2.67. The highest BCUT2D eigenvalue weighted by Gasteiger charge is 2.23. The number of aromatic nitrogens is 1. The quantitative estimate of drug-likeness (QED) is 0.744. The van der Waals surface area contributed by atoms with Crippen LogP contribution in [0.5, 0.6) is 0 Å². The molecule has 2 heterocycles. The minimum atomic E-state index is 0.0822. The summed E-state index contributed by atoms with van der Waals surface area (Å²) in [6, 6.07) is 0. The number of thiazole rings is 1. The number of hydrogen-bond donors (Lipinski definition) is 0. The molecular weight excluding hydrogens is 276 g/mol. The van der Waals surface area contributed by atoms with Gasteiger partial charge in [0.15, 0.2) is 0 Å². The molecule has 1 amide bonds. The minimum absolute atomic E-state index is 0.0822. The molecule has 0 aromatic carbocycles. The maximum absolute atomic E-state index is 12.0. The van der Waals surface area contributed by atoms with Crippen LogP contribution >= 0.6 is 27.3 Å². The number of halogens is 1. The van der Waals surface area contributed by atoms with E-state index in [1.807, 2.05) is 17.2 Å². The number of nitrogens with zero attached hydrogens (tertiary/aromatic N) is 2. The summed E-state index contributed by atoms with van der Waals surface area (Å²) in [6.07, 6.45) is 2.07. The van der Waals surface area contributed by atoms with Gasteiger partial charge in [0.2, 0.25) is 0 Å². The molecule has 1 aliphatic heterocycles. The molecule has 0 radical (unpaired) electrons. The zero-order chi connectivity index (χ0) is 10.8. The zero-order valence-electron chi connectivity index (χ0n) is 8.57. The molecule has 0 aliphatic carbocycles. The predicted molar refractivity (Wildman–Crippen MR) is 64.7 cm³/mol. The average molecular weight is 289 g/mol. The third kappa shape index (κ3) is 2.58. The van der Waals surface area contributed by atoms with E-state index in [0.717, 1.165) is 30.9 Å². The van der Waals surface area contributed by atoms with Crippen LogP contribution in [0.15, 0.2) is 5.38 Å². The molecule has 1 fully saturated rings. The van der Waals surface area contributed by atoms with Crippen LogP contribution in [0.3, 0.4) is 0 Å². The van der Waals surface area contributed by atoms with E-state index in [2.05, 4.69) is 20.9 Å². The number of carbonyl (C=O) groups is 1. The molecule has 0 N–H and O–H groups in total. The standard InChI is InChI=1S/C10H13BrN2OS/c1-7-12-9(6-15-7)10(14)13-4-2-8(11)3-5-13/h6,8H,2-5H2,1H3. The average Bonchev–Trinajstić information content (AvgIpc) is 2.65. The minimum Gasteiger partial charge on any atom is -0.337 e. The lowest BCUT2D eigenvalue weighted by atomic mass is 10.1. The molecule has 3 nitrogen and oxygen atoms in total. The van der Waals surface area contributed by atoms with Gasteiger partial charge in [-0.25, -0.2) is 4.98 Å². The number of amides is 1. The van der Waals surface area contributed by atoms with Gasteiger partial charge in [-0.15, -0.1) is 11.3 Å². The van der Waals surface area contributed by atoms with E-state index in [-0.39, 0.29) is 5.91 Å². The number of piperidine rings is 1. The van der Waals surface area contributed by atoms with Crippen LogP contribution in [-0.4, -0.2) is 33.7 Å². The molecule has 0 bridgehead atoms. The lowest BCUT2D eigenvalue weighted by molar-refractivity contribution is 0.0723. The van der Waals surface area contributed by atoms with Crippen LogP contribution in [0.4, 0.5) is 0 Å². The van der Waals surface area contributed by atoms with E-state index in [1.54, 1.807) is 0 Å². The SMILES string of the molecule is Cc1nc(C(=O)N2CCC(Br)CC2)cs1. The third-order valence-electron chi connectivity index (χ3n) is 2.55. The molecule has 0 saturated carbocycles. The van der Waals surface area contributed by atoms with Crippen LogP contribution in [0.1, 0.15) is 28.3 Å². The van der Waals surface area contributed by atoms with Gasteiger partial charge in [-0.1, -0.05) is 15.9 Å². The second kappa shape index (κ2) is 4.61. The highest BCUT2D eigenvalue weighted by atomic mass is 79.9. The van der Waals surface area contributed by atoms with Crippen LogP contribution in [0, 0.1) is 6.92 Å². The topological polar surface area (TPSA) is 33.2 Å². The van der Waals surface area contributed by atoms with E-state index in [0.29, 0.717) is 10.5 Å². The highest BCUT2D eigenvalue weighted by molar-refractivity contribution is 9.09. The van der Waals surface area contributed by atoms with Crippen molar-refractivity contribution < 1.29 is 4.79 Å². The summed E-state index contributed by atoms with van der Waals surface area (Å²) in [5, 5.41) is 2.80. The van der Waals surface area contributed by atoms with Gasteiger partial charge in [0.05, 0.1) is 5.01 Å². The molecule has 2 rings (SSSR count). The van der Waals surface area contributed by atoms with Crippen molar-refractivity contribution in [2.24, 2.45) is 0 Å². The van der Waals surface area contributed by atoms with Crippen molar-refractivity contribution in [3.63, 3.8) is 0 Å². The summed E-state index contributed by atoms with van der Waals surface area (Å²) in [4.78, 5) is 18.7. The first-order chi connectivity index (χ1) is 7.16. The van der Waals surface area contributed by atoms with Gasteiger partial charge in [-0.2, -0.15) is 0 Å². The Hall–Kier alpha value is -0.420. The molecular formula is C10H13BrN2OS. The van der Waals surface area contributed by atoms with Gasteiger partial charge in [0, 0.05) is 23.3 Å². The molecule has 5 heteroatoms. The van der Waals surface area contributed by atoms with Gasteiger partial charge < -0.3 is 4.90 Å². The Morgan fingerprint density at radius 2 is 2.27 bits per heavy atom. The first-order valence-corrected chi connectivity index (χ1v) is 6.82. The first-order valence-electron chi connectivity index (χ1n) is 5.02. The Kier molecular flexibility index (Phi) is 3.41. The summed E-state index contributed by atoms with van der Waals surface area (Å²) < 4.78 is 0. The monoisotopic (exact) mass is 288 g/mol. The molecule has 0 atom stereocenters. The van der Waals surface area contributed by atoms with Crippen molar-refractivity contribution >= 4 is 33.2 Å². The summed E-state index contributed by atoms with van der Waals surface area (Å²) >= 11 is 5.10. The number of aryl methyl sites for hydroxylation is 1. The Bertz CT molecular complexity index is 358. The van der Waals surface area contributed by atoms with Gasteiger partial charge in [0.25, 0.3) is 5.91 Å². The second-order valence-electron chi connectivity index (χ2n) is 3.72.